The number of carbonyl (C=O) groups excluding carboxylic acids is 3. The number of hydrogen-bond acceptors (Lipinski definition) is 10. The minimum Gasteiger partial charge on any atom is -0.466 e. The van der Waals surface area contributed by atoms with Crippen LogP contribution in [-0.2, 0) is 25.6 Å². The van der Waals surface area contributed by atoms with Gasteiger partial charge in [0, 0.05) is 24.7 Å². The number of nitrogens with one attached hydrogen (secondary N) is 1. The maximum atomic E-state index is 12.8. The number of nitriles is 1. The fourth-order valence-corrected chi connectivity index (χ4v) is 3.38. The summed E-state index contributed by atoms with van der Waals surface area (Å²) in [7, 11) is 1.84. The van der Waals surface area contributed by atoms with Crippen LogP contribution in [0.25, 0.3) is 0 Å². The quantitative estimate of drug-likeness (QED) is 0.311. The SMILES string of the molecule is CCOC(=O)CCCCC(NC(=O)c1ccc(N(C)Cc2cnc(N)c(C#N)n2)cc1)C(=O)OCC. The molecule has 2 rings (SSSR count). The lowest BCUT2D eigenvalue weighted by Crippen LogP contribution is -2.41. The molecule has 0 aliphatic carbocycles. The van der Waals surface area contributed by atoms with Gasteiger partial charge in [-0.1, -0.05) is 6.42 Å². The number of benzene rings is 1. The van der Waals surface area contributed by atoms with E-state index in [-0.39, 0.29) is 30.5 Å². The van der Waals surface area contributed by atoms with Gasteiger partial charge >= 0.3 is 11.9 Å². The number of nitrogens with two attached hydrogens (primary N) is 1. The van der Waals surface area contributed by atoms with Gasteiger partial charge < -0.3 is 25.4 Å². The van der Waals surface area contributed by atoms with Crippen LogP contribution in [0, 0.1) is 11.3 Å². The van der Waals surface area contributed by atoms with E-state index in [1.807, 2.05) is 18.0 Å². The first-order chi connectivity index (χ1) is 17.3. The summed E-state index contributed by atoms with van der Waals surface area (Å²) in [4.78, 5) is 46.7. The fraction of sp³-hybridized carbons (Fsp3) is 0.440. The molecular formula is C25H32N6O5. The van der Waals surface area contributed by atoms with E-state index in [0.29, 0.717) is 43.7 Å². The molecule has 11 heteroatoms. The van der Waals surface area contributed by atoms with Gasteiger partial charge in [0.1, 0.15) is 12.1 Å². The van der Waals surface area contributed by atoms with E-state index in [1.165, 1.54) is 6.20 Å². The molecule has 1 aromatic carbocycles. The Morgan fingerprint density at radius 3 is 2.47 bits per heavy atom. The summed E-state index contributed by atoms with van der Waals surface area (Å²) in [6.45, 7) is 4.35. The molecule has 0 saturated carbocycles. The predicted octanol–water partition coefficient (Wildman–Crippen LogP) is 2.35. The molecule has 0 saturated heterocycles. The highest BCUT2D eigenvalue weighted by Crippen LogP contribution is 2.17. The number of nitrogen functional groups attached to an aromatic ring is 1. The topological polar surface area (TPSA) is 161 Å². The number of amides is 1. The number of hydrogen-bond donors (Lipinski definition) is 2. The first-order valence-electron chi connectivity index (χ1n) is 11.7. The maximum Gasteiger partial charge on any atom is 0.328 e. The average Bonchev–Trinajstić information content (AvgIpc) is 2.87. The third-order valence-electron chi connectivity index (χ3n) is 5.23. The van der Waals surface area contributed by atoms with Crippen LogP contribution in [0.5, 0.6) is 0 Å². The summed E-state index contributed by atoms with van der Waals surface area (Å²) in [6, 6.07) is 7.93. The van der Waals surface area contributed by atoms with Crippen LogP contribution in [0.1, 0.15) is 61.3 Å². The van der Waals surface area contributed by atoms with Gasteiger partial charge in [-0.05, 0) is 51.0 Å². The molecule has 1 amide bonds. The van der Waals surface area contributed by atoms with Gasteiger partial charge in [0.05, 0.1) is 31.6 Å². The Bertz CT molecular complexity index is 1080. The standard InChI is InChI=1S/C25H32N6O5/c1-4-35-22(32)9-7-6-8-20(25(34)36-5-2)30-24(33)17-10-12-19(13-11-17)31(3)16-18-15-28-23(27)21(14-26)29-18/h10-13,15,20H,4-9,16H2,1-3H3,(H2,27,28)(H,30,33). The Morgan fingerprint density at radius 1 is 1.14 bits per heavy atom. The molecule has 1 atom stereocenters. The van der Waals surface area contributed by atoms with E-state index in [0.717, 1.165) is 5.69 Å². The second-order valence-electron chi connectivity index (χ2n) is 7.94. The molecule has 0 aliphatic heterocycles. The summed E-state index contributed by atoms with van der Waals surface area (Å²) in [5.41, 5.74) is 7.46. The molecule has 2 aromatic rings. The monoisotopic (exact) mass is 496 g/mol. The zero-order chi connectivity index (χ0) is 26.5. The normalized spacial score (nSPS) is 11.2. The summed E-state index contributed by atoms with van der Waals surface area (Å²) < 4.78 is 10.0. The van der Waals surface area contributed by atoms with E-state index in [1.54, 1.807) is 38.1 Å². The van der Waals surface area contributed by atoms with Gasteiger partial charge in [0.15, 0.2) is 11.5 Å². The Labute approximate surface area is 210 Å². The lowest BCUT2D eigenvalue weighted by molar-refractivity contribution is -0.145. The average molecular weight is 497 g/mol. The van der Waals surface area contributed by atoms with Crippen molar-refractivity contribution in [3.63, 3.8) is 0 Å². The van der Waals surface area contributed by atoms with Crippen molar-refractivity contribution in [2.24, 2.45) is 0 Å². The van der Waals surface area contributed by atoms with Crippen molar-refractivity contribution >= 4 is 29.4 Å². The molecule has 192 valence electrons. The van der Waals surface area contributed by atoms with Gasteiger partial charge in [-0.15, -0.1) is 0 Å². The van der Waals surface area contributed by atoms with Crippen LogP contribution in [0.3, 0.4) is 0 Å². The first kappa shape index (κ1) is 28.0. The van der Waals surface area contributed by atoms with E-state index < -0.39 is 17.9 Å². The van der Waals surface area contributed by atoms with Crippen molar-refractivity contribution in [1.82, 2.24) is 15.3 Å². The Hall–Kier alpha value is -4.20. The molecular weight excluding hydrogens is 464 g/mol. The number of aromatic nitrogens is 2. The fourth-order valence-electron chi connectivity index (χ4n) is 3.38. The molecule has 0 aliphatic rings. The number of carbonyl (C=O) groups is 3. The number of unbranched alkanes of at least 4 members (excludes halogenated alkanes) is 1. The van der Waals surface area contributed by atoms with Crippen molar-refractivity contribution in [2.45, 2.75) is 52.1 Å². The number of nitrogens with zero attached hydrogens (tertiary/aromatic N) is 4. The Morgan fingerprint density at radius 2 is 1.83 bits per heavy atom. The van der Waals surface area contributed by atoms with Gasteiger partial charge in [0.25, 0.3) is 5.91 Å². The highest BCUT2D eigenvalue weighted by atomic mass is 16.5. The van der Waals surface area contributed by atoms with Crippen LogP contribution in [0.4, 0.5) is 11.5 Å². The van der Waals surface area contributed by atoms with E-state index in [2.05, 4.69) is 15.3 Å². The molecule has 11 nitrogen and oxygen atoms in total. The molecule has 0 bridgehead atoms. The summed E-state index contributed by atoms with van der Waals surface area (Å²) in [6.07, 6.45) is 3.20. The lowest BCUT2D eigenvalue weighted by atomic mass is 10.1. The van der Waals surface area contributed by atoms with Crippen molar-refractivity contribution in [1.29, 1.82) is 5.26 Å². The van der Waals surface area contributed by atoms with Crippen molar-refractivity contribution < 1.29 is 23.9 Å². The Balaban J connectivity index is 1.98. The maximum absolute atomic E-state index is 12.8. The first-order valence-corrected chi connectivity index (χ1v) is 11.7. The van der Waals surface area contributed by atoms with Crippen LogP contribution in [0.15, 0.2) is 30.5 Å². The van der Waals surface area contributed by atoms with E-state index >= 15 is 0 Å². The number of anilines is 2. The van der Waals surface area contributed by atoms with Crippen LogP contribution in [0.2, 0.25) is 0 Å². The highest BCUT2D eigenvalue weighted by molar-refractivity contribution is 5.97. The van der Waals surface area contributed by atoms with E-state index in [4.69, 9.17) is 20.5 Å². The summed E-state index contributed by atoms with van der Waals surface area (Å²) >= 11 is 0. The zero-order valence-electron chi connectivity index (χ0n) is 20.8. The molecule has 0 spiro atoms. The lowest BCUT2D eigenvalue weighted by Gasteiger charge is -2.20. The van der Waals surface area contributed by atoms with Crippen molar-refractivity contribution in [3.8, 4) is 6.07 Å². The van der Waals surface area contributed by atoms with Crippen LogP contribution in [-0.4, -0.2) is 54.1 Å². The third-order valence-corrected chi connectivity index (χ3v) is 5.23. The minimum absolute atomic E-state index is 0.0740. The van der Waals surface area contributed by atoms with Crippen molar-refractivity contribution in [3.05, 3.63) is 47.4 Å². The molecule has 0 fully saturated rings. The second-order valence-corrected chi connectivity index (χ2v) is 7.94. The molecule has 1 heterocycles. The van der Waals surface area contributed by atoms with E-state index in [9.17, 15) is 14.4 Å². The van der Waals surface area contributed by atoms with Gasteiger partial charge in [-0.3, -0.25) is 9.59 Å². The molecule has 1 aromatic heterocycles. The molecule has 1 unspecified atom stereocenters. The third kappa shape index (κ3) is 8.54. The zero-order valence-corrected chi connectivity index (χ0v) is 20.8. The number of esters is 2. The van der Waals surface area contributed by atoms with Gasteiger partial charge in [0.2, 0.25) is 0 Å². The highest BCUT2D eigenvalue weighted by Gasteiger charge is 2.22. The van der Waals surface area contributed by atoms with Crippen molar-refractivity contribution in [2.75, 3.05) is 30.9 Å². The van der Waals surface area contributed by atoms with Gasteiger partial charge in [-0.25, -0.2) is 14.8 Å². The predicted molar refractivity (Wildman–Crippen MR) is 133 cm³/mol. The minimum atomic E-state index is -0.819. The number of rotatable bonds is 13. The van der Waals surface area contributed by atoms with Crippen LogP contribution < -0.4 is 16.0 Å². The van der Waals surface area contributed by atoms with Gasteiger partial charge in [-0.2, -0.15) is 5.26 Å². The summed E-state index contributed by atoms with van der Waals surface area (Å²) in [5, 5.41) is 11.8. The molecule has 3 N–H and O–H groups in total. The van der Waals surface area contributed by atoms with Crippen LogP contribution >= 0.6 is 0 Å². The second kappa shape index (κ2) is 14.3. The number of ether oxygens (including phenoxy) is 2. The summed E-state index contributed by atoms with van der Waals surface area (Å²) in [5.74, 6) is -1.12. The molecule has 36 heavy (non-hydrogen) atoms. The smallest absolute Gasteiger partial charge is 0.328 e. The Kier molecular flexibility index (Phi) is 11.1. The largest absolute Gasteiger partial charge is 0.466 e. The molecule has 0 radical (unpaired) electrons.